The summed E-state index contributed by atoms with van der Waals surface area (Å²) in [6, 6.07) is 2.59. The van der Waals surface area contributed by atoms with Crippen molar-refractivity contribution in [2.75, 3.05) is 0 Å². The van der Waals surface area contributed by atoms with Crippen molar-refractivity contribution in [1.82, 2.24) is 0 Å². The van der Waals surface area contributed by atoms with Crippen LogP contribution in [0, 0.1) is 11.6 Å². The molecule has 0 aliphatic carbocycles. The van der Waals surface area contributed by atoms with E-state index in [1.165, 1.54) is 12.1 Å². The Labute approximate surface area is 109 Å². The van der Waals surface area contributed by atoms with Crippen LogP contribution in [0.15, 0.2) is 18.7 Å². The average Bonchev–Trinajstić information content (AvgIpc) is 2.21. The molecule has 0 aliphatic rings. The third kappa shape index (κ3) is 2.99. The predicted molar refractivity (Wildman–Crippen MR) is 74.3 cm³/mol. The molecule has 0 bridgehead atoms. The molecule has 1 nitrogen and oxygen atoms in total. The fourth-order valence-corrected chi connectivity index (χ4v) is 2.25. The lowest BCUT2D eigenvalue weighted by Gasteiger charge is -2.36. The van der Waals surface area contributed by atoms with E-state index in [9.17, 15) is 8.78 Å². The van der Waals surface area contributed by atoms with E-state index in [0.29, 0.717) is 5.75 Å². The first-order chi connectivity index (χ1) is 8.08. The molecule has 0 fully saturated rings. The molecule has 0 saturated carbocycles. The third-order valence-corrected chi connectivity index (χ3v) is 7.79. The molecule has 0 aliphatic heterocycles. The molecule has 100 valence electrons. The summed E-state index contributed by atoms with van der Waals surface area (Å²) in [6.07, 6.45) is 1.29. The monoisotopic (exact) mass is 270 g/mol. The standard InChI is InChI=1S/C14H20F2OSi/c1-7-10-8-11(9-12(15)13(10)16)17-18(5,6)14(2,3)4/h7-9H,1H2,2-6H3. The quantitative estimate of drug-likeness (QED) is 0.703. The number of benzene rings is 1. The summed E-state index contributed by atoms with van der Waals surface area (Å²) in [7, 11) is -2.05. The lowest BCUT2D eigenvalue weighted by atomic mass is 10.2. The summed E-state index contributed by atoms with van der Waals surface area (Å²) in [5.41, 5.74) is 0.128. The lowest BCUT2D eigenvalue weighted by Crippen LogP contribution is -2.43. The number of hydrogen-bond acceptors (Lipinski definition) is 1. The van der Waals surface area contributed by atoms with Crippen LogP contribution in [0.2, 0.25) is 18.1 Å². The van der Waals surface area contributed by atoms with E-state index in [0.717, 1.165) is 6.07 Å². The van der Waals surface area contributed by atoms with Crippen LogP contribution in [0.1, 0.15) is 26.3 Å². The molecule has 0 N–H and O–H groups in total. The van der Waals surface area contributed by atoms with Gasteiger partial charge in [0, 0.05) is 11.6 Å². The van der Waals surface area contributed by atoms with E-state index in [1.807, 2.05) is 0 Å². The predicted octanol–water partition coefficient (Wildman–Crippen LogP) is 4.99. The normalized spacial score (nSPS) is 12.4. The van der Waals surface area contributed by atoms with Crippen molar-refractivity contribution in [3.05, 3.63) is 35.9 Å². The first-order valence-corrected chi connectivity index (χ1v) is 8.80. The highest BCUT2D eigenvalue weighted by molar-refractivity contribution is 6.74. The van der Waals surface area contributed by atoms with Crippen LogP contribution in [0.3, 0.4) is 0 Å². The molecular weight excluding hydrogens is 250 g/mol. The minimum Gasteiger partial charge on any atom is -0.543 e. The van der Waals surface area contributed by atoms with Crippen molar-refractivity contribution in [1.29, 1.82) is 0 Å². The summed E-state index contributed by atoms with van der Waals surface area (Å²) in [5.74, 6) is -1.41. The summed E-state index contributed by atoms with van der Waals surface area (Å²) < 4.78 is 32.7. The van der Waals surface area contributed by atoms with Gasteiger partial charge in [-0.1, -0.05) is 33.4 Å². The maximum absolute atomic E-state index is 13.4. The maximum Gasteiger partial charge on any atom is 0.250 e. The highest BCUT2D eigenvalue weighted by Crippen LogP contribution is 2.37. The second-order valence-electron chi connectivity index (χ2n) is 5.87. The molecule has 0 aromatic heterocycles. The molecule has 0 heterocycles. The molecule has 1 aromatic carbocycles. The van der Waals surface area contributed by atoms with Gasteiger partial charge in [0.1, 0.15) is 5.75 Å². The molecule has 1 aromatic rings. The maximum atomic E-state index is 13.4. The second kappa shape index (κ2) is 4.84. The van der Waals surface area contributed by atoms with Crippen LogP contribution in [-0.4, -0.2) is 8.32 Å². The SMILES string of the molecule is C=Cc1cc(O[Si](C)(C)C(C)(C)C)cc(F)c1F. The van der Waals surface area contributed by atoms with Crippen LogP contribution in [0.25, 0.3) is 6.08 Å². The Morgan fingerprint density at radius 2 is 1.78 bits per heavy atom. The molecule has 4 heteroatoms. The van der Waals surface area contributed by atoms with Crippen LogP contribution in [0.5, 0.6) is 5.75 Å². The van der Waals surface area contributed by atoms with E-state index >= 15 is 0 Å². The first kappa shape index (κ1) is 14.9. The molecule has 0 spiro atoms. The summed E-state index contributed by atoms with van der Waals surface area (Å²) >= 11 is 0. The average molecular weight is 270 g/mol. The van der Waals surface area contributed by atoms with Crippen LogP contribution in [0.4, 0.5) is 8.78 Å². The summed E-state index contributed by atoms with van der Waals surface area (Å²) in [6.45, 7) is 13.9. The molecule has 0 amide bonds. The smallest absolute Gasteiger partial charge is 0.250 e. The Hall–Kier alpha value is -1.16. The molecule has 1 rings (SSSR count). The highest BCUT2D eigenvalue weighted by Gasteiger charge is 2.39. The second-order valence-corrected chi connectivity index (χ2v) is 10.6. The van der Waals surface area contributed by atoms with Gasteiger partial charge in [-0.3, -0.25) is 0 Å². The van der Waals surface area contributed by atoms with Gasteiger partial charge >= 0.3 is 0 Å². The van der Waals surface area contributed by atoms with Crippen molar-refractivity contribution in [2.45, 2.75) is 38.9 Å². The molecule has 0 radical (unpaired) electrons. The summed E-state index contributed by atoms with van der Waals surface area (Å²) in [5, 5.41) is 0.00616. The zero-order valence-electron chi connectivity index (χ0n) is 11.6. The van der Waals surface area contributed by atoms with Crippen molar-refractivity contribution in [3.8, 4) is 5.75 Å². The van der Waals surface area contributed by atoms with Crippen molar-refractivity contribution < 1.29 is 13.2 Å². The number of halogens is 2. The zero-order chi connectivity index (χ0) is 14.1. The fraction of sp³-hybridized carbons (Fsp3) is 0.429. The van der Waals surface area contributed by atoms with E-state index in [-0.39, 0.29) is 10.6 Å². The van der Waals surface area contributed by atoms with Gasteiger partial charge in [-0.05, 0) is 24.2 Å². The van der Waals surface area contributed by atoms with Gasteiger partial charge in [0.05, 0.1) is 0 Å². The number of hydrogen-bond donors (Lipinski definition) is 0. The minimum atomic E-state index is -2.05. The van der Waals surface area contributed by atoms with Gasteiger partial charge in [-0.2, -0.15) is 0 Å². The Kier molecular flexibility index (Phi) is 4.01. The van der Waals surface area contributed by atoms with Gasteiger partial charge in [0.15, 0.2) is 11.6 Å². The lowest BCUT2D eigenvalue weighted by molar-refractivity contribution is 0.470. The van der Waals surface area contributed by atoms with Gasteiger partial charge in [-0.25, -0.2) is 8.78 Å². The van der Waals surface area contributed by atoms with Gasteiger partial charge in [0.25, 0.3) is 0 Å². The Bertz CT molecular complexity index is 462. The Balaban J connectivity index is 3.14. The van der Waals surface area contributed by atoms with Crippen LogP contribution in [-0.2, 0) is 0 Å². The molecule has 0 unspecified atom stereocenters. The Morgan fingerprint density at radius 1 is 1.22 bits per heavy atom. The van der Waals surface area contributed by atoms with Crippen molar-refractivity contribution in [2.24, 2.45) is 0 Å². The van der Waals surface area contributed by atoms with E-state index in [4.69, 9.17) is 4.43 Å². The van der Waals surface area contributed by atoms with E-state index < -0.39 is 20.0 Å². The molecule has 0 saturated heterocycles. The fourth-order valence-electron chi connectivity index (χ4n) is 1.24. The van der Waals surface area contributed by atoms with Crippen LogP contribution < -0.4 is 4.43 Å². The van der Waals surface area contributed by atoms with E-state index in [2.05, 4.69) is 40.4 Å². The topological polar surface area (TPSA) is 9.23 Å². The van der Waals surface area contributed by atoms with Crippen molar-refractivity contribution >= 4 is 14.4 Å². The van der Waals surface area contributed by atoms with Gasteiger partial charge in [-0.15, -0.1) is 0 Å². The highest BCUT2D eigenvalue weighted by atomic mass is 28.4. The van der Waals surface area contributed by atoms with Gasteiger partial charge < -0.3 is 4.43 Å². The molecular formula is C14H20F2OSi. The van der Waals surface area contributed by atoms with E-state index in [1.54, 1.807) is 0 Å². The minimum absolute atomic E-state index is 0.00616. The van der Waals surface area contributed by atoms with Crippen molar-refractivity contribution in [3.63, 3.8) is 0 Å². The van der Waals surface area contributed by atoms with Gasteiger partial charge in [0.2, 0.25) is 8.32 Å². The largest absolute Gasteiger partial charge is 0.543 e. The molecule has 18 heavy (non-hydrogen) atoms. The Morgan fingerprint density at radius 3 is 2.22 bits per heavy atom. The first-order valence-electron chi connectivity index (χ1n) is 5.89. The zero-order valence-corrected chi connectivity index (χ0v) is 12.6. The number of rotatable bonds is 3. The third-order valence-electron chi connectivity index (χ3n) is 3.43. The summed E-state index contributed by atoms with van der Waals surface area (Å²) in [4.78, 5) is 0. The molecule has 0 atom stereocenters. The van der Waals surface area contributed by atoms with Crippen LogP contribution >= 0.6 is 0 Å².